The van der Waals surface area contributed by atoms with E-state index in [1.807, 2.05) is 0 Å². The van der Waals surface area contributed by atoms with E-state index in [2.05, 4.69) is 53.9 Å². The van der Waals surface area contributed by atoms with Crippen LogP contribution in [0, 0.1) is 46.3 Å². The first kappa shape index (κ1) is 29.5. The molecule has 0 bridgehead atoms. The van der Waals surface area contributed by atoms with E-state index >= 15 is 0 Å². The highest BCUT2D eigenvalue weighted by molar-refractivity contribution is 5.17. The highest BCUT2D eigenvalue weighted by Crippen LogP contribution is 2.67. The van der Waals surface area contributed by atoms with Gasteiger partial charge in [0.1, 0.15) is 0 Å². The molecule has 3 rings (SSSR count). The molecular weight excluding hydrogens is 426 g/mol. The molecule has 0 heterocycles. The summed E-state index contributed by atoms with van der Waals surface area (Å²) >= 11 is 0. The maximum Gasteiger partial charge on any atom is 0.0742 e. The van der Waals surface area contributed by atoms with Gasteiger partial charge in [0.15, 0.2) is 0 Å². The Morgan fingerprint density at radius 2 is 1.57 bits per heavy atom. The lowest BCUT2D eigenvalue weighted by molar-refractivity contribution is -0.151. The lowest BCUT2D eigenvalue weighted by Gasteiger charge is -2.53. The zero-order valence-corrected chi connectivity index (χ0v) is 24.9. The monoisotopic (exact) mass is 489 g/mol. The van der Waals surface area contributed by atoms with Crippen LogP contribution in [0.15, 0.2) is 0 Å². The third kappa shape index (κ3) is 6.32. The fraction of sp³-hybridized carbons (Fsp3) is 1.00. The van der Waals surface area contributed by atoms with Gasteiger partial charge in [0.25, 0.3) is 0 Å². The van der Waals surface area contributed by atoms with Crippen LogP contribution < -0.4 is 5.32 Å². The van der Waals surface area contributed by atoms with Crippen molar-refractivity contribution in [2.45, 2.75) is 150 Å². The van der Waals surface area contributed by atoms with Crippen molar-refractivity contribution >= 4 is 0 Å². The van der Waals surface area contributed by atoms with Crippen LogP contribution in [0.2, 0.25) is 0 Å². The molecule has 0 aromatic heterocycles. The number of nitrogens with one attached hydrogen (secondary N) is 1. The summed E-state index contributed by atoms with van der Waals surface area (Å²) in [5.74, 6) is 3.58. The summed E-state index contributed by atoms with van der Waals surface area (Å²) in [6, 6.07) is 0. The minimum Gasteiger partial charge on any atom is -0.389 e. The van der Waals surface area contributed by atoms with Gasteiger partial charge in [0.2, 0.25) is 0 Å². The van der Waals surface area contributed by atoms with Gasteiger partial charge in [-0.05, 0) is 98.3 Å². The molecule has 3 saturated carbocycles. The summed E-state index contributed by atoms with van der Waals surface area (Å²) in [5.41, 5.74) is 0.179. The molecule has 0 aromatic carbocycles. The first-order valence-corrected chi connectivity index (χ1v) is 16.0. The second-order valence-corrected chi connectivity index (χ2v) is 14.5. The van der Waals surface area contributed by atoms with Gasteiger partial charge in [0.05, 0.1) is 5.60 Å². The first-order valence-electron chi connectivity index (χ1n) is 16.0. The van der Waals surface area contributed by atoms with Gasteiger partial charge in [-0.15, -0.1) is 0 Å². The number of hydrogen-bond acceptors (Lipinski definition) is 2. The van der Waals surface area contributed by atoms with Crippen LogP contribution in [0.25, 0.3) is 0 Å². The summed E-state index contributed by atoms with van der Waals surface area (Å²) in [6.07, 6.45) is 21.1. The Morgan fingerprint density at radius 1 is 0.914 bits per heavy atom. The van der Waals surface area contributed by atoms with Gasteiger partial charge in [-0.1, -0.05) is 99.3 Å². The van der Waals surface area contributed by atoms with Gasteiger partial charge in [-0.2, -0.15) is 0 Å². The van der Waals surface area contributed by atoms with E-state index in [-0.39, 0.29) is 5.41 Å². The topological polar surface area (TPSA) is 32.3 Å². The second kappa shape index (κ2) is 12.6. The van der Waals surface area contributed by atoms with Crippen LogP contribution in [-0.2, 0) is 0 Å². The molecule has 3 fully saturated rings. The van der Waals surface area contributed by atoms with Crippen LogP contribution in [0.3, 0.4) is 0 Å². The van der Waals surface area contributed by atoms with E-state index in [4.69, 9.17) is 0 Å². The van der Waals surface area contributed by atoms with E-state index in [1.165, 1.54) is 96.3 Å². The molecule has 0 saturated heterocycles. The number of rotatable bonds is 8. The average Bonchev–Trinajstić information content (AvgIpc) is 2.90. The second-order valence-electron chi connectivity index (χ2n) is 14.5. The number of fused-ring (bicyclic) bond motifs is 1. The first-order chi connectivity index (χ1) is 16.6. The molecular formula is C33H63NO. The molecule has 2 heteroatoms. The van der Waals surface area contributed by atoms with Crippen LogP contribution in [0.5, 0.6) is 0 Å². The van der Waals surface area contributed by atoms with Crippen molar-refractivity contribution in [1.82, 2.24) is 5.32 Å². The minimum atomic E-state index is -0.466. The van der Waals surface area contributed by atoms with Gasteiger partial charge < -0.3 is 10.4 Å². The van der Waals surface area contributed by atoms with Crippen molar-refractivity contribution < 1.29 is 5.11 Å². The zero-order chi connectivity index (χ0) is 25.7. The van der Waals surface area contributed by atoms with Crippen molar-refractivity contribution in [3.8, 4) is 0 Å². The number of hydrogen-bond donors (Lipinski definition) is 2. The summed E-state index contributed by atoms with van der Waals surface area (Å²) in [7, 11) is 2.18. The quantitative estimate of drug-likeness (QED) is 0.356. The standard InChI is InChI=1S/C33H63NO/c1-8-10-17-27(9-2)33(35)29-19-18-28(29)26(4)30(33)32(24-34-7)21-16-14-12-11-13-15-20-31(5,6)22-25(3)23-32/h25-30,34-35H,8-24H2,1-7H3. The Balaban J connectivity index is 2.02. The molecule has 206 valence electrons. The summed E-state index contributed by atoms with van der Waals surface area (Å²) in [6.45, 7) is 15.9. The summed E-state index contributed by atoms with van der Waals surface area (Å²) in [4.78, 5) is 0. The predicted octanol–water partition coefficient (Wildman–Crippen LogP) is 9.01. The Kier molecular flexibility index (Phi) is 10.6. The largest absolute Gasteiger partial charge is 0.389 e. The van der Waals surface area contributed by atoms with Crippen molar-refractivity contribution in [1.29, 1.82) is 0 Å². The molecule has 0 spiro atoms. The molecule has 2 nitrogen and oxygen atoms in total. The third-order valence-corrected chi connectivity index (χ3v) is 11.3. The molecule has 8 atom stereocenters. The van der Waals surface area contributed by atoms with Crippen LogP contribution in [-0.4, -0.2) is 24.3 Å². The van der Waals surface area contributed by atoms with Crippen LogP contribution in [0.4, 0.5) is 0 Å². The smallest absolute Gasteiger partial charge is 0.0742 e. The lowest BCUT2D eigenvalue weighted by Crippen LogP contribution is -2.57. The summed E-state index contributed by atoms with van der Waals surface area (Å²) < 4.78 is 0. The van der Waals surface area contributed by atoms with Crippen LogP contribution >= 0.6 is 0 Å². The Hall–Kier alpha value is -0.0800. The molecule has 0 amide bonds. The fourth-order valence-electron chi connectivity index (χ4n) is 10.1. The van der Waals surface area contributed by atoms with Crippen LogP contribution in [0.1, 0.15) is 144 Å². The van der Waals surface area contributed by atoms with E-state index in [1.54, 1.807) is 0 Å². The molecule has 35 heavy (non-hydrogen) atoms. The van der Waals surface area contributed by atoms with Crippen molar-refractivity contribution in [3.63, 3.8) is 0 Å². The van der Waals surface area contributed by atoms with Gasteiger partial charge in [-0.25, -0.2) is 0 Å². The molecule has 0 radical (unpaired) electrons. The van der Waals surface area contributed by atoms with Crippen molar-refractivity contribution in [2.24, 2.45) is 46.3 Å². The molecule has 0 aliphatic heterocycles. The maximum absolute atomic E-state index is 13.0. The molecule has 8 unspecified atom stereocenters. The van der Waals surface area contributed by atoms with Crippen molar-refractivity contribution in [2.75, 3.05) is 13.6 Å². The lowest BCUT2D eigenvalue weighted by atomic mass is 9.55. The number of unbranched alkanes of at least 4 members (excludes halogenated alkanes) is 1. The molecule has 3 aliphatic rings. The minimum absolute atomic E-state index is 0.212. The van der Waals surface area contributed by atoms with Gasteiger partial charge >= 0.3 is 0 Å². The third-order valence-electron chi connectivity index (χ3n) is 11.3. The average molecular weight is 490 g/mol. The fourth-order valence-corrected chi connectivity index (χ4v) is 10.1. The van der Waals surface area contributed by atoms with Gasteiger partial charge in [0, 0.05) is 6.54 Å². The van der Waals surface area contributed by atoms with Crippen molar-refractivity contribution in [3.05, 3.63) is 0 Å². The Labute approximate surface area is 220 Å². The molecule has 0 aromatic rings. The highest BCUT2D eigenvalue weighted by atomic mass is 16.3. The zero-order valence-electron chi connectivity index (χ0n) is 24.9. The summed E-state index contributed by atoms with van der Waals surface area (Å²) in [5, 5.41) is 16.8. The maximum atomic E-state index is 13.0. The van der Waals surface area contributed by atoms with E-state index in [0.717, 1.165) is 18.9 Å². The van der Waals surface area contributed by atoms with E-state index in [9.17, 15) is 5.11 Å². The normalized spacial score (nSPS) is 41.7. The highest BCUT2D eigenvalue weighted by Gasteiger charge is 2.67. The number of aliphatic hydroxyl groups is 1. The van der Waals surface area contributed by atoms with E-state index in [0.29, 0.717) is 35.0 Å². The van der Waals surface area contributed by atoms with Gasteiger partial charge in [-0.3, -0.25) is 0 Å². The molecule has 3 aliphatic carbocycles. The molecule has 2 N–H and O–H groups in total. The predicted molar refractivity (Wildman–Crippen MR) is 153 cm³/mol. The van der Waals surface area contributed by atoms with E-state index < -0.39 is 5.60 Å². The Bertz CT molecular complexity index is 631. The SMILES string of the molecule is CCCCC(CC)C1(O)C2CCC2C(C)C1C1(CNC)CCCCCCCCC(C)(C)CC(C)C1. The Morgan fingerprint density at radius 3 is 2.14 bits per heavy atom.